The van der Waals surface area contributed by atoms with Crippen LogP contribution >= 0.6 is 0 Å². The van der Waals surface area contributed by atoms with E-state index in [4.69, 9.17) is 5.73 Å². The topological polar surface area (TPSA) is 59.2 Å². The second kappa shape index (κ2) is 6.06. The molecule has 1 atom stereocenters. The molecule has 4 nitrogen and oxygen atoms in total. The number of rotatable bonds is 5. The Morgan fingerprint density at radius 3 is 2.62 bits per heavy atom. The van der Waals surface area contributed by atoms with E-state index in [1.54, 1.807) is 12.4 Å². The van der Waals surface area contributed by atoms with Crippen LogP contribution in [0.3, 0.4) is 0 Å². The summed E-state index contributed by atoms with van der Waals surface area (Å²) >= 11 is 0. The van der Waals surface area contributed by atoms with E-state index in [-0.39, 0.29) is 5.91 Å². The average molecular weight is 281 g/mol. The van der Waals surface area contributed by atoms with Gasteiger partial charge in [-0.05, 0) is 30.0 Å². The molecule has 0 bridgehead atoms. The first-order chi connectivity index (χ1) is 10.3. The average Bonchev–Trinajstić information content (AvgIpc) is 3.38. The Hall–Kier alpha value is -2.20. The molecule has 1 fully saturated rings. The lowest BCUT2D eigenvalue weighted by molar-refractivity contribution is -0.134. The first-order valence-corrected chi connectivity index (χ1v) is 7.25. The number of pyridine rings is 1. The van der Waals surface area contributed by atoms with Crippen molar-refractivity contribution < 1.29 is 4.79 Å². The molecule has 1 aliphatic carbocycles. The van der Waals surface area contributed by atoms with E-state index in [1.165, 1.54) is 0 Å². The summed E-state index contributed by atoms with van der Waals surface area (Å²) < 4.78 is 0. The van der Waals surface area contributed by atoms with Crippen LogP contribution in [0.4, 0.5) is 0 Å². The summed E-state index contributed by atoms with van der Waals surface area (Å²) in [5.74, 6) is -0.00690. The third kappa shape index (κ3) is 3.28. The fraction of sp³-hybridized carbons (Fsp3) is 0.294. The van der Waals surface area contributed by atoms with Crippen LogP contribution in [0.15, 0.2) is 54.9 Å². The van der Waals surface area contributed by atoms with Gasteiger partial charge in [0, 0.05) is 25.0 Å². The van der Waals surface area contributed by atoms with Crippen LogP contribution in [0.5, 0.6) is 0 Å². The zero-order valence-corrected chi connectivity index (χ0v) is 11.9. The molecular formula is C17H19N3O. The Balaban J connectivity index is 1.76. The van der Waals surface area contributed by atoms with Crippen LogP contribution in [0.2, 0.25) is 0 Å². The van der Waals surface area contributed by atoms with E-state index >= 15 is 0 Å². The van der Waals surface area contributed by atoms with Crippen molar-refractivity contribution in [2.24, 2.45) is 5.73 Å². The van der Waals surface area contributed by atoms with Crippen molar-refractivity contribution in [3.8, 4) is 0 Å². The highest BCUT2D eigenvalue weighted by Crippen LogP contribution is 2.30. The molecule has 1 amide bonds. The van der Waals surface area contributed by atoms with E-state index in [2.05, 4.69) is 4.98 Å². The van der Waals surface area contributed by atoms with Crippen molar-refractivity contribution in [1.29, 1.82) is 0 Å². The van der Waals surface area contributed by atoms with E-state index in [9.17, 15) is 4.79 Å². The minimum atomic E-state index is -0.594. The lowest BCUT2D eigenvalue weighted by Crippen LogP contribution is -2.39. The van der Waals surface area contributed by atoms with E-state index < -0.39 is 6.04 Å². The maximum atomic E-state index is 12.7. The van der Waals surface area contributed by atoms with Crippen molar-refractivity contribution >= 4 is 5.91 Å². The van der Waals surface area contributed by atoms with Gasteiger partial charge < -0.3 is 10.6 Å². The molecule has 4 heteroatoms. The number of hydrogen-bond donors (Lipinski definition) is 1. The van der Waals surface area contributed by atoms with Gasteiger partial charge >= 0.3 is 0 Å². The van der Waals surface area contributed by atoms with Gasteiger partial charge in [0.1, 0.15) is 6.04 Å². The van der Waals surface area contributed by atoms with Gasteiger partial charge in [0.15, 0.2) is 0 Å². The summed E-state index contributed by atoms with van der Waals surface area (Å²) in [4.78, 5) is 18.7. The Bertz CT molecular complexity index is 596. The van der Waals surface area contributed by atoms with Gasteiger partial charge in [0.05, 0.1) is 0 Å². The van der Waals surface area contributed by atoms with Crippen molar-refractivity contribution in [1.82, 2.24) is 9.88 Å². The molecule has 0 aliphatic heterocycles. The highest BCUT2D eigenvalue weighted by Gasteiger charge is 2.35. The van der Waals surface area contributed by atoms with Gasteiger partial charge in [0.25, 0.3) is 0 Å². The summed E-state index contributed by atoms with van der Waals surface area (Å²) in [5.41, 5.74) is 8.05. The molecule has 3 rings (SSSR count). The molecular weight excluding hydrogens is 262 g/mol. The van der Waals surface area contributed by atoms with Crippen LogP contribution in [0, 0.1) is 0 Å². The van der Waals surface area contributed by atoms with Gasteiger partial charge in [-0.25, -0.2) is 0 Å². The van der Waals surface area contributed by atoms with Crippen molar-refractivity contribution in [3.05, 3.63) is 66.0 Å². The molecule has 1 aliphatic rings. The second-order valence-electron chi connectivity index (χ2n) is 5.45. The number of carbonyl (C=O) groups excluding carboxylic acids is 1. The predicted molar refractivity (Wildman–Crippen MR) is 81.2 cm³/mol. The first kappa shape index (κ1) is 13.8. The molecule has 0 saturated heterocycles. The van der Waals surface area contributed by atoms with Crippen molar-refractivity contribution in [2.75, 3.05) is 0 Å². The highest BCUT2D eigenvalue weighted by molar-refractivity contribution is 5.83. The molecule has 0 radical (unpaired) electrons. The number of benzene rings is 1. The standard InChI is InChI=1S/C17H19N3O/c18-16(14-6-2-1-3-7-14)17(21)20(15-8-9-15)12-13-5-4-10-19-11-13/h1-7,10-11,15-16H,8-9,12,18H2/t16-/m0/s1. The van der Waals surface area contributed by atoms with Crippen molar-refractivity contribution in [3.63, 3.8) is 0 Å². The third-order valence-corrected chi connectivity index (χ3v) is 3.77. The van der Waals surface area contributed by atoms with Gasteiger partial charge in [-0.3, -0.25) is 9.78 Å². The molecule has 1 aromatic carbocycles. The lowest BCUT2D eigenvalue weighted by atomic mass is 10.1. The van der Waals surface area contributed by atoms with Gasteiger partial charge in [-0.1, -0.05) is 36.4 Å². The molecule has 2 aromatic rings. The summed E-state index contributed by atoms with van der Waals surface area (Å²) in [7, 11) is 0. The normalized spacial score (nSPS) is 15.5. The Morgan fingerprint density at radius 2 is 2.00 bits per heavy atom. The zero-order chi connectivity index (χ0) is 14.7. The number of aromatic nitrogens is 1. The van der Waals surface area contributed by atoms with Gasteiger partial charge in [-0.2, -0.15) is 0 Å². The molecule has 1 saturated carbocycles. The number of hydrogen-bond acceptors (Lipinski definition) is 3. The first-order valence-electron chi connectivity index (χ1n) is 7.25. The number of amides is 1. The summed E-state index contributed by atoms with van der Waals surface area (Å²) in [6.07, 6.45) is 5.67. The molecule has 108 valence electrons. The number of nitrogens with zero attached hydrogens (tertiary/aromatic N) is 2. The number of nitrogens with two attached hydrogens (primary N) is 1. The zero-order valence-electron chi connectivity index (χ0n) is 11.9. The van der Waals surface area contributed by atoms with Gasteiger partial charge in [0.2, 0.25) is 5.91 Å². The Morgan fingerprint density at radius 1 is 1.24 bits per heavy atom. The minimum Gasteiger partial charge on any atom is -0.334 e. The maximum absolute atomic E-state index is 12.7. The maximum Gasteiger partial charge on any atom is 0.244 e. The van der Waals surface area contributed by atoms with E-state index in [1.807, 2.05) is 47.4 Å². The van der Waals surface area contributed by atoms with Crippen LogP contribution < -0.4 is 5.73 Å². The summed E-state index contributed by atoms with van der Waals surface area (Å²) in [6, 6.07) is 13.2. The summed E-state index contributed by atoms with van der Waals surface area (Å²) in [5, 5.41) is 0. The Kier molecular flexibility index (Phi) is 3.97. The van der Waals surface area contributed by atoms with E-state index in [0.717, 1.165) is 24.0 Å². The fourth-order valence-electron chi connectivity index (χ4n) is 2.44. The quantitative estimate of drug-likeness (QED) is 0.914. The Labute approximate surface area is 124 Å². The van der Waals surface area contributed by atoms with Crippen LogP contribution in [0.25, 0.3) is 0 Å². The molecule has 1 heterocycles. The van der Waals surface area contributed by atoms with Crippen molar-refractivity contribution in [2.45, 2.75) is 31.5 Å². The fourth-order valence-corrected chi connectivity index (χ4v) is 2.44. The molecule has 0 spiro atoms. The molecule has 1 aromatic heterocycles. The van der Waals surface area contributed by atoms with E-state index in [0.29, 0.717) is 12.6 Å². The minimum absolute atomic E-state index is 0.00690. The summed E-state index contributed by atoms with van der Waals surface area (Å²) in [6.45, 7) is 0.581. The van der Waals surface area contributed by atoms with Crippen LogP contribution in [-0.4, -0.2) is 21.8 Å². The molecule has 2 N–H and O–H groups in total. The second-order valence-corrected chi connectivity index (χ2v) is 5.45. The molecule has 0 unspecified atom stereocenters. The highest BCUT2D eigenvalue weighted by atomic mass is 16.2. The smallest absolute Gasteiger partial charge is 0.244 e. The largest absolute Gasteiger partial charge is 0.334 e. The SMILES string of the molecule is N[C@H](C(=O)N(Cc1cccnc1)C1CC1)c1ccccc1. The number of carbonyl (C=O) groups is 1. The predicted octanol–water partition coefficient (Wildman–Crippen LogP) is 2.27. The monoisotopic (exact) mass is 281 g/mol. The van der Waals surface area contributed by atoms with Crippen LogP contribution in [-0.2, 0) is 11.3 Å². The van der Waals surface area contributed by atoms with Crippen LogP contribution in [0.1, 0.15) is 30.0 Å². The lowest BCUT2D eigenvalue weighted by Gasteiger charge is -2.26. The third-order valence-electron chi connectivity index (χ3n) is 3.77. The van der Waals surface area contributed by atoms with Gasteiger partial charge in [-0.15, -0.1) is 0 Å². The molecule has 21 heavy (non-hydrogen) atoms.